The van der Waals surface area contributed by atoms with Gasteiger partial charge in [0, 0.05) is 25.4 Å². The molecule has 21 heavy (non-hydrogen) atoms. The largest absolute Gasteiger partial charge is 0.329 e. The third-order valence-electron chi connectivity index (χ3n) is 3.39. The van der Waals surface area contributed by atoms with Gasteiger partial charge in [-0.2, -0.15) is 5.10 Å². The van der Waals surface area contributed by atoms with Crippen LogP contribution in [0.5, 0.6) is 0 Å². The number of terminal acetylenes is 1. The highest BCUT2D eigenvalue weighted by atomic mass is 19.1. The molecule has 6 nitrogen and oxygen atoms in total. The van der Waals surface area contributed by atoms with E-state index in [0.717, 1.165) is 0 Å². The Labute approximate surface area is 119 Å². The van der Waals surface area contributed by atoms with E-state index in [1.165, 1.54) is 21.7 Å². The zero-order chi connectivity index (χ0) is 15.1. The highest BCUT2D eigenvalue weighted by Gasteiger charge is 2.28. The van der Waals surface area contributed by atoms with Crippen LogP contribution in [0.3, 0.4) is 0 Å². The topological polar surface area (TPSA) is 67.2 Å². The van der Waals surface area contributed by atoms with Crippen LogP contribution in [0.25, 0.3) is 10.9 Å². The van der Waals surface area contributed by atoms with Crippen LogP contribution in [0.4, 0.5) is 15.0 Å². The lowest BCUT2D eigenvalue weighted by molar-refractivity contribution is -0.120. The number of urea groups is 1. The first-order chi connectivity index (χ1) is 10.0. The first-order valence-electron chi connectivity index (χ1n) is 6.26. The molecule has 2 aromatic rings. The fraction of sp³-hybridized carbons (Fsp3) is 0.214. The van der Waals surface area contributed by atoms with E-state index in [0.29, 0.717) is 16.7 Å². The average molecular weight is 286 g/mol. The monoisotopic (exact) mass is 286 g/mol. The number of carbonyl (C=O) groups is 2. The van der Waals surface area contributed by atoms with Gasteiger partial charge in [0.2, 0.25) is 5.91 Å². The zero-order valence-electron chi connectivity index (χ0n) is 11.2. The minimum absolute atomic E-state index is 0.0993. The summed E-state index contributed by atoms with van der Waals surface area (Å²) in [5.41, 5.74) is 0.541. The molecule has 0 aliphatic carbocycles. The van der Waals surface area contributed by atoms with Crippen LogP contribution in [0.2, 0.25) is 0 Å². The van der Waals surface area contributed by atoms with Gasteiger partial charge in [0.25, 0.3) is 0 Å². The number of carbonyl (C=O) groups excluding carboxylic acids is 2. The van der Waals surface area contributed by atoms with Crippen molar-refractivity contribution >= 4 is 28.7 Å². The van der Waals surface area contributed by atoms with Crippen LogP contribution in [0.1, 0.15) is 12.0 Å². The van der Waals surface area contributed by atoms with Crippen molar-refractivity contribution < 1.29 is 14.0 Å². The van der Waals surface area contributed by atoms with Gasteiger partial charge in [-0.15, -0.1) is 6.42 Å². The summed E-state index contributed by atoms with van der Waals surface area (Å²) in [6, 6.07) is 2.23. The number of hydrogen-bond acceptors (Lipinski definition) is 3. The van der Waals surface area contributed by atoms with E-state index in [1.54, 1.807) is 7.05 Å². The number of fused-ring (bicyclic) bond motifs is 1. The van der Waals surface area contributed by atoms with Gasteiger partial charge in [0.15, 0.2) is 5.82 Å². The van der Waals surface area contributed by atoms with Gasteiger partial charge in [-0.05, 0) is 12.1 Å². The number of aryl methyl sites for hydroxylation is 1. The molecule has 1 aromatic carbocycles. The number of aromatic nitrogens is 2. The van der Waals surface area contributed by atoms with Crippen LogP contribution >= 0.6 is 0 Å². The van der Waals surface area contributed by atoms with Gasteiger partial charge < -0.3 is 0 Å². The number of rotatable bonds is 1. The molecular formula is C14H11FN4O2. The third-order valence-corrected chi connectivity index (χ3v) is 3.39. The number of amides is 3. The highest BCUT2D eigenvalue weighted by molar-refractivity contribution is 6.09. The Kier molecular flexibility index (Phi) is 2.87. The molecule has 1 N–H and O–H groups in total. The van der Waals surface area contributed by atoms with E-state index in [1.807, 2.05) is 0 Å². The quantitative estimate of drug-likeness (QED) is 0.799. The van der Waals surface area contributed by atoms with Crippen molar-refractivity contribution in [3.8, 4) is 12.3 Å². The molecule has 0 spiro atoms. The number of nitrogens with one attached hydrogen (secondary N) is 1. The van der Waals surface area contributed by atoms with Crippen molar-refractivity contribution in [2.24, 2.45) is 7.05 Å². The second-order valence-corrected chi connectivity index (χ2v) is 4.67. The molecular weight excluding hydrogens is 275 g/mol. The summed E-state index contributed by atoms with van der Waals surface area (Å²) in [4.78, 5) is 24.5. The Morgan fingerprint density at radius 1 is 1.43 bits per heavy atom. The molecule has 2 heterocycles. The van der Waals surface area contributed by atoms with Crippen molar-refractivity contribution in [3.05, 3.63) is 23.5 Å². The summed E-state index contributed by atoms with van der Waals surface area (Å²) >= 11 is 0. The van der Waals surface area contributed by atoms with E-state index < -0.39 is 11.8 Å². The maximum absolute atomic E-state index is 13.8. The Morgan fingerprint density at radius 3 is 2.86 bits per heavy atom. The smallest absolute Gasteiger partial charge is 0.278 e. The summed E-state index contributed by atoms with van der Waals surface area (Å²) < 4.78 is 15.2. The maximum Gasteiger partial charge on any atom is 0.329 e. The molecule has 0 atom stereocenters. The molecule has 7 heteroatoms. The molecule has 0 saturated carbocycles. The zero-order valence-corrected chi connectivity index (χ0v) is 11.2. The van der Waals surface area contributed by atoms with Crippen molar-refractivity contribution in [2.75, 3.05) is 11.4 Å². The van der Waals surface area contributed by atoms with Crippen LogP contribution in [0.15, 0.2) is 12.1 Å². The molecule has 1 saturated heterocycles. The molecule has 3 rings (SSSR count). The van der Waals surface area contributed by atoms with Gasteiger partial charge in [-0.25, -0.2) is 9.18 Å². The summed E-state index contributed by atoms with van der Waals surface area (Å²) in [5, 5.41) is 7.04. The molecule has 1 fully saturated rings. The van der Waals surface area contributed by atoms with Crippen molar-refractivity contribution in [1.82, 2.24) is 15.1 Å². The Morgan fingerprint density at radius 2 is 2.19 bits per heavy atom. The van der Waals surface area contributed by atoms with Gasteiger partial charge in [0.05, 0.1) is 11.1 Å². The minimum atomic E-state index is -0.544. The first kappa shape index (κ1) is 13.1. The standard InChI is InChI=1S/C14H11FN4O2/c1-3-8-10(15)5-4-9-12(8)18(2)17-13(9)19-7-6-11(20)16-14(19)21/h1,4-5H,6-7H2,2H3,(H,16,20,21). The molecule has 0 unspecified atom stereocenters. The summed E-state index contributed by atoms with van der Waals surface area (Å²) in [5.74, 6) is 1.82. The van der Waals surface area contributed by atoms with Crippen LogP contribution in [-0.4, -0.2) is 28.3 Å². The number of nitrogens with zero attached hydrogens (tertiary/aromatic N) is 3. The Hall–Kier alpha value is -2.88. The predicted octanol–water partition coefficient (Wildman–Crippen LogP) is 1.14. The molecule has 0 bridgehead atoms. The normalized spacial score (nSPS) is 15.2. The van der Waals surface area contributed by atoms with Gasteiger partial charge in [-0.1, -0.05) is 5.92 Å². The number of halogens is 1. The molecule has 1 aromatic heterocycles. The first-order valence-corrected chi connectivity index (χ1v) is 6.26. The lowest BCUT2D eigenvalue weighted by atomic mass is 10.1. The maximum atomic E-state index is 13.8. The number of benzene rings is 1. The Balaban J connectivity index is 2.20. The van der Waals surface area contributed by atoms with Crippen molar-refractivity contribution in [3.63, 3.8) is 0 Å². The number of hydrogen-bond donors (Lipinski definition) is 1. The second-order valence-electron chi connectivity index (χ2n) is 4.67. The summed E-state index contributed by atoms with van der Waals surface area (Å²) in [6.45, 7) is 0.222. The molecule has 0 radical (unpaired) electrons. The molecule has 1 aliphatic heterocycles. The Bertz CT molecular complexity index is 818. The van der Waals surface area contributed by atoms with E-state index in [2.05, 4.69) is 16.3 Å². The second kappa shape index (κ2) is 4.59. The van der Waals surface area contributed by atoms with E-state index >= 15 is 0 Å². The summed E-state index contributed by atoms with van der Waals surface area (Å²) in [6.07, 6.45) is 5.54. The fourth-order valence-electron chi connectivity index (χ4n) is 2.43. The minimum Gasteiger partial charge on any atom is -0.278 e. The lowest BCUT2D eigenvalue weighted by Gasteiger charge is -2.24. The van der Waals surface area contributed by atoms with E-state index in [-0.39, 0.29) is 24.4 Å². The lowest BCUT2D eigenvalue weighted by Crippen LogP contribution is -2.49. The fourth-order valence-corrected chi connectivity index (χ4v) is 2.43. The van der Waals surface area contributed by atoms with Crippen LogP contribution in [0, 0.1) is 18.2 Å². The van der Waals surface area contributed by atoms with Crippen molar-refractivity contribution in [1.29, 1.82) is 0 Å². The van der Waals surface area contributed by atoms with Crippen LogP contribution in [-0.2, 0) is 11.8 Å². The SMILES string of the molecule is C#Cc1c(F)ccc2c(N3CCC(=O)NC3=O)nn(C)c12. The van der Waals surface area contributed by atoms with Crippen molar-refractivity contribution in [2.45, 2.75) is 6.42 Å². The van der Waals surface area contributed by atoms with E-state index in [4.69, 9.17) is 6.42 Å². The number of imide groups is 1. The third kappa shape index (κ3) is 1.92. The molecule has 1 aliphatic rings. The average Bonchev–Trinajstić information content (AvgIpc) is 2.76. The van der Waals surface area contributed by atoms with Gasteiger partial charge in [0.1, 0.15) is 5.82 Å². The van der Waals surface area contributed by atoms with E-state index in [9.17, 15) is 14.0 Å². The van der Waals surface area contributed by atoms with Gasteiger partial charge >= 0.3 is 6.03 Å². The summed E-state index contributed by atoms with van der Waals surface area (Å²) in [7, 11) is 1.62. The predicted molar refractivity (Wildman–Crippen MR) is 74.1 cm³/mol. The molecule has 106 valence electrons. The number of anilines is 1. The highest BCUT2D eigenvalue weighted by Crippen LogP contribution is 2.30. The molecule has 3 amide bonds. The van der Waals surface area contributed by atoms with Crippen LogP contribution < -0.4 is 10.2 Å². The van der Waals surface area contributed by atoms with Gasteiger partial charge in [-0.3, -0.25) is 19.7 Å².